The van der Waals surface area contributed by atoms with Gasteiger partial charge in [-0.25, -0.2) is 0 Å². The Morgan fingerprint density at radius 2 is 2.00 bits per heavy atom. The average molecular weight is 642 g/mol. The number of phenolic OH excluding ortho intramolecular Hbond substituents is 1. The van der Waals surface area contributed by atoms with Gasteiger partial charge < -0.3 is 36.1 Å². The molecule has 0 bridgehead atoms. The van der Waals surface area contributed by atoms with E-state index in [1.54, 1.807) is 6.07 Å². The molecule has 0 spiro atoms. The number of aromatic amines is 1. The fourth-order valence-corrected chi connectivity index (χ4v) is 8.28. The first-order valence-corrected chi connectivity index (χ1v) is 16.9. The van der Waals surface area contributed by atoms with Gasteiger partial charge in [-0.15, -0.1) is 0 Å². The highest BCUT2D eigenvalue weighted by atomic mass is 16.5. The van der Waals surface area contributed by atoms with Crippen molar-refractivity contribution >= 4 is 11.6 Å². The summed E-state index contributed by atoms with van der Waals surface area (Å²) >= 11 is 0. The summed E-state index contributed by atoms with van der Waals surface area (Å²) in [7, 11) is 1.47. The van der Waals surface area contributed by atoms with Gasteiger partial charge in [-0.1, -0.05) is 49.3 Å². The van der Waals surface area contributed by atoms with Gasteiger partial charge in [0.25, 0.3) is 0 Å². The molecule has 6 atom stereocenters. The maximum absolute atomic E-state index is 13.1. The summed E-state index contributed by atoms with van der Waals surface area (Å²) < 4.78 is 5.60. The normalized spacial score (nSPS) is 27.3. The lowest BCUT2D eigenvalue weighted by Gasteiger charge is -2.43. The molecule has 0 saturated heterocycles. The van der Waals surface area contributed by atoms with Crippen molar-refractivity contribution in [3.63, 3.8) is 0 Å². The van der Waals surface area contributed by atoms with E-state index in [-0.39, 0.29) is 43.3 Å². The number of carbonyl (C=O) groups excluding carboxylic acids is 2. The number of benzene rings is 1. The lowest BCUT2D eigenvalue weighted by molar-refractivity contribution is -0.139. The minimum absolute atomic E-state index is 0.0472. The Kier molecular flexibility index (Phi) is 9.75. The average Bonchev–Trinajstić information content (AvgIpc) is 3.60. The molecule has 0 amide bonds. The smallest absolute Gasteiger partial charge is 0.170 e. The number of phenols is 1. The Morgan fingerprint density at radius 1 is 1.17 bits per heavy atom. The van der Waals surface area contributed by atoms with E-state index < -0.39 is 29.0 Å². The van der Waals surface area contributed by atoms with Crippen LogP contribution in [0.25, 0.3) is 0 Å². The standard InChI is InChI=1S/C38H47N3O6/c1-47-33-20-24(9-11-31(43)36(46)32(44)19-23-8-10-25-5-2-3-6-26(25)17-23)18-30(35(33)45)34-28-13-16-41-37(39)29(28)12-14-38(34,22-42)21-27-7-4-15-40-27/h4,7-8,10,12-15,18,20,23,25-26,34,36,40-42,45-46H,2-3,5-6,9,11,16-17,19,21-22,39H2,1H3/t23-,25-,26-,34+,36+,38+/m1/s1. The van der Waals surface area contributed by atoms with Gasteiger partial charge in [0, 0.05) is 53.7 Å². The van der Waals surface area contributed by atoms with Gasteiger partial charge >= 0.3 is 0 Å². The zero-order valence-corrected chi connectivity index (χ0v) is 27.1. The molecule has 0 radical (unpaired) electrons. The number of carbonyl (C=O) groups is 2. The molecular weight excluding hydrogens is 594 g/mol. The van der Waals surface area contributed by atoms with E-state index in [0.29, 0.717) is 41.7 Å². The number of allylic oxidation sites excluding steroid dienone is 5. The first kappa shape index (κ1) is 32.8. The number of aliphatic hydroxyl groups is 2. The number of aromatic nitrogens is 1. The van der Waals surface area contributed by atoms with Crippen molar-refractivity contribution < 1.29 is 29.6 Å². The summed E-state index contributed by atoms with van der Waals surface area (Å²) in [6, 6.07) is 7.39. The Labute approximate surface area is 276 Å². The lowest BCUT2D eigenvalue weighted by Crippen LogP contribution is -2.40. The molecule has 7 N–H and O–H groups in total. The number of nitrogens with two attached hydrogens (primary N) is 1. The number of aromatic hydroxyl groups is 1. The molecule has 1 fully saturated rings. The summed E-state index contributed by atoms with van der Waals surface area (Å²) in [5.74, 6) is 0.507. The predicted octanol–water partition coefficient (Wildman–Crippen LogP) is 4.51. The second kappa shape index (κ2) is 14.0. The lowest BCUT2D eigenvalue weighted by atomic mass is 9.61. The van der Waals surface area contributed by atoms with Crippen molar-refractivity contribution in [2.75, 3.05) is 20.3 Å². The summed E-state index contributed by atoms with van der Waals surface area (Å²) in [5.41, 5.74) is 9.39. The molecule has 3 aliphatic carbocycles. The van der Waals surface area contributed by atoms with Crippen LogP contribution < -0.4 is 15.8 Å². The quantitative estimate of drug-likeness (QED) is 0.146. The molecule has 2 aromatic rings. The maximum atomic E-state index is 13.1. The number of dihydropyridines is 1. The van der Waals surface area contributed by atoms with Crippen LogP contribution in [0, 0.1) is 23.2 Å². The van der Waals surface area contributed by atoms with Crippen molar-refractivity contribution in [2.24, 2.45) is 28.9 Å². The Morgan fingerprint density at radius 3 is 2.77 bits per heavy atom. The van der Waals surface area contributed by atoms with Crippen molar-refractivity contribution in [1.29, 1.82) is 0 Å². The van der Waals surface area contributed by atoms with Crippen LogP contribution in [0.5, 0.6) is 11.5 Å². The zero-order chi connectivity index (χ0) is 33.1. The number of ketones is 2. The molecular formula is C38H47N3O6. The molecule has 6 rings (SSSR count). The highest BCUT2D eigenvalue weighted by Gasteiger charge is 2.45. The third kappa shape index (κ3) is 6.69. The van der Waals surface area contributed by atoms with E-state index in [2.05, 4.69) is 22.5 Å². The molecule has 4 aliphatic rings. The van der Waals surface area contributed by atoms with Gasteiger partial charge in [-0.2, -0.15) is 0 Å². The number of fused-ring (bicyclic) bond motifs is 2. The Bertz CT molecular complexity index is 1600. The van der Waals surface area contributed by atoms with Crippen LogP contribution in [0.2, 0.25) is 0 Å². The minimum atomic E-state index is -1.66. The second-order valence-electron chi connectivity index (χ2n) is 13.8. The summed E-state index contributed by atoms with van der Waals surface area (Å²) in [5, 5.41) is 36.5. The first-order chi connectivity index (χ1) is 22.7. The third-order valence-electron chi connectivity index (χ3n) is 10.8. The summed E-state index contributed by atoms with van der Waals surface area (Å²) in [6.45, 7) is 0.288. The van der Waals surface area contributed by atoms with Gasteiger partial charge in [-0.3, -0.25) is 9.59 Å². The van der Waals surface area contributed by atoms with Crippen LogP contribution in [0.1, 0.15) is 67.7 Å². The molecule has 0 unspecified atom stereocenters. The molecule has 1 aromatic carbocycles. The van der Waals surface area contributed by atoms with E-state index in [1.807, 2.05) is 42.6 Å². The number of aliphatic hydroxyl groups excluding tert-OH is 2. The van der Waals surface area contributed by atoms with Gasteiger partial charge in [0.15, 0.2) is 29.2 Å². The van der Waals surface area contributed by atoms with E-state index in [4.69, 9.17) is 10.5 Å². The van der Waals surface area contributed by atoms with Crippen LogP contribution in [-0.4, -0.2) is 58.2 Å². The number of hydrogen-bond acceptors (Lipinski definition) is 8. The highest BCUT2D eigenvalue weighted by Crippen LogP contribution is 2.54. The molecule has 250 valence electrons. The fraction of sp³-hybridized carbons (Fsp3) is 0.474. The number of ether oxygens (including phenoxy) is 1. The number of Topliss-reactive ketones (excluding diaryl/α,β-unsaturated/α-hetero) is 2. The number of aryl methyl sites for hydroxylation is 1. The summed E-state index contributed by atoms with van der Waals surface area (Å²) in [4.78, 5) is 29.4. The summed E-state index contributed by atoms with van der Waals surface area (Å²) in [6.07, 6.45) is 17.1. The van der Waals surface area contributed by atoms with Crippen molar-refractivity contribution in [3.8, 4) is 11.5 Å². The monoisotopic (exact) mass is 641 g/mol. The first-order valence-electron chi connectivity index (χ1n) is 16.9. The van der Waals surface area contributed by atoms with E-state index in [0.717, 1.165) is 23.3 Å². The Hall–Kier alpha value is -4.08. The van der Waals surface area contributed by atoms with Crippen molar-refractivity contribution in [1.82, 2.24) is 10.3 Å². The van der Waals surface area contributed by atoms with E-state index in [1.165, 1.54) is 32.8 Å². The van der Waals surface area contributed by atoms with Crippen molar-refractivity contribution in [3.05, 3.63) is 94.6 Å². The minimum Gasteiger partial charge on any atom is -0.504 e. The highest BCUT2D eigenvalue weighted by molar-refractivity contribution is 6.05. The van der Waals surface area contributed by atoms with Gasteiger partial charge in [0.1, 0.15) is 5.82 Å². The van der Waals surface area contributed by atoms with Crippen LogP contribution in [0.4, 0.5) is 0 Å². The number of H-pyrrole nitrogens is 1. The van der Waals surface area contributed by atoms with E-state index >= 15 is 0 Å². The maximum Gasteiger partial charge on any atom is 0.170 e. The Balaban J connectivity index is 1.23. The molecule has 1 saturated carbocycles. The zero-order valence-electron chi connectivity index (χ0n) is 27.1. The predicted molar refractivity (Wildman–Crippen MR) is 180 cm³/mol. The molecule has 2 heterocycles. The van der Waals surface area contributed by atoms with E-state index in [9.17, 15) is 24.9 Å². The van der Waals surface area contributed by atoms with Crippen LogP contribution in [0.15, 0.2) is 77.8 Å². The number of methoxy groups -OCH3 is 1. The third-order valence-corrected chi connectivity index (χ3v) is 10.8. The van der Waals surface area contributed by atoms with Crippen LogP contribution >= 0.6 is 0 Å². The number of rotatable bonds is 12. The topological polar surface area (TPSA) is 158 Å². The van der Waals surface area contributed by atoms with Crippen LogP contribution in [-0.2, 0) is 22.4 Å². The van der Waals surface area contributed by atoms with Gasteiger partial charge in [0.2, 0.25) is 0 Å². The molecule has 1 aromatic heterocycles. The van der Waals surface area contributed by atoms with Gasteiger partial charge in [0.05, 0.1) is 13.7 Å². The molecule has 9 heteroatoms. The molecule has 1 aliphatic heterocycles. The molecule has 47 heavy (non-hydrogen) atoms. The second-order valence-corrected chi connectivity index (χ2v) is 13.8. The van der Waals surface area contributed by atoms with Crippen LogP contribution in [0.3, 0.4) is 0 Å². The fourth-order valence-electron chi connectivity index (χ4n) is 8.28. The SMILES string of the molecule is COc1cc(CCC(=O)[C@H](O)C(=O)C[C@@H]2C=C[C@H]3CCCC[C@@H]3C2)cc([C@@H]2C3=CCNC(N)=C3C=C[C@@]2(CO)Cc2ccc[nH]2)c1O. The largest absolute Gasteiger partial charge is 0.504 e. The van der Waals surface area contributed by atoms with Crippen molar-refractivity contribution in [2.45, 2.75) is 69.8 Å². The molecule has 9 nitrogen and oxygen atoms in total. The van der Waals surface area contributed by atoms with Gasteiger partial charge in [-0.05, 0) is 79.2 Å². The number of hydrogen-bond donors (Lipinski definition) is 6. The number of nitrogens with one attached hydrogen (secondary N) is 2.